The van der Waals surface area contributed by atoms with Crippen LogP contribution in [0.5, 0.6) is 0 Å². The number of hydrogen-bond donors (Lipinski definition) is 0. The van der Waals surface area contributed by atoms with Crippen molar-refractivity contribution in [1.29, 1.82) is 0 Å². The Morgan fingerprint density at radius 3 is 2.35 bits per heavy atom. The van der Waals surface area contributed by atoms with Crippen molar-refractivity contribution in [3.63, 3.8) is 0 Å². The van der Waals surface area contributed by atoms with Crippen LogP contribution >= 0.6 is 7.60 Å². The van der Waals surface area contributed by atoms with Gasteiger partial charge in [0.25, 0.3) is 0 Å². The average Bonchev–Trinajstić information content (AvgIpc) is 2.40. The number of hydrogen-bond acceptors (Lipinski definition) is 5. The summed E-state index contributed by atoms with van der Waals surface area (Å²) in [6, 6.07) is 0. The summed E-state index contributed by atoms with van der Waals surface area (Å²) in [5.41, 5.74) is -0.770. The van der Waals surface area contributed by atoms with Gasteiger partial charge in [0.2, 0.25) is 0 Å². The molecule has 0 bridgehead atoms. The summed E-state index contributed by atoms with van der Waals surface area (Å²) < 4.78 is 22.8. The van der Waals surface area contributed by atoms with E-state index in [1.807, 2.05) is 0 Å². The third-order valence-corrected chi connectivity index (χ3v) is 5.22. The Hall–Kier alpha value is -0.510. The molecule has 0 aromatic rings. The van der Waals surface area contributed by atoms with Crippen LogP contribution in [-0.4, -0.2) is 30.4 Å². The minimum Gasteiger partial charge on any atom is -0.308 e. The summed E-state index contributed by atoms with van der Waals surface area (Å²) in [7, 11) is -3.41. The molecular weight excluding hydrogens is 243 g/mol. The zero-order chi connectivity index (χ0) is 12.9. The highest BCUT2D eigenvalue weighted by atomic mass is 31.2. The molecule has 0 radical (unpaired) electrons. The minimum atomic E-state index is -3.41. The lowest BCUT2D eigenvalue weighted by molar-refractivity contribution is -0.126. The van der Waals surface area contributed by atoms with Gasteiger partial charge in [-0.3, -0.25) is 14.2 Å². The zero-order valence-electron chi connectivity index (χ0n) is 10.3. The van der Waals surface area contributed by atoms with E-state index >= 15 is 0 Å². The summed E-state index contributed by atoms with van der Waals surface area (Å²) in [6.45, 7) is 3.88. The third kappa shape index (κ3) is 3.73. The molecule has 0 saturated heterocycles. The first-order valence-electron chi connectivity index (χ1n) is 5.96. The quantitative estimate of drug-likeness (QED) is 0.432. The number of rotatable bonds is 5. The normalized spacial score (nSPS) is 22.6. The third-order valence-electron chi connectivity index (χ3n) is 2.68. The molecule has 0 heterocycles. The molecule has 0 amide bonds. The molecule has 1 fully saturated rings. The van der Waals surface area contributed by atoms with Crippen LogP contribution in [0.25, 0.3) is 0 Å². The van der Waals surface area contributed by atoms with Crippen LogP contribution in [0, 0.1) is 0 Å². The first kappa shape index (κ1) is 14.6. The van der Waals surface area contributed by atoms with Crippen LogP contribution in [-0.2, 0) is 23.2 Å². The lowest BCUT2D eigenvalue weighted by Crippen LogP contribution is -2.23. The van der Waals surface area contributed by atoms with Crippen molar-refractivity contribution in [2.75, 3.05) is 13.2 Å². The van der Waals surface area contributed by atoms with Crippen molar-refractivity contribution in [2.24, 2.45) is 0 Å². The molecular formula is C11H19O5P. The zero-order valence-corrected chi connectivity index (χ0v) is 11.2. The molecule has 1 unspecified atom stereocenters. The number of Topliss-reactive ketones (excluding diaryl/α,β-unsaturated/α-hetero) is 2. The molecule has 1 aliphatic carbocycles. The van der Waals surface area contributed by atoms with E-state index in [-0.39, 0.29) is 31.2 Å². The smallest absolute Gasteiger partial charge is 0.308 e. The van der Waals surface area contributed by atoms with Gasteiger partial charge in [-0.05, 0) is 26.7 Å². The van der Waals surface area contributed by atoms with Crippen LogP contribution in [0.1, 0.15) is 39.5 Å². The van der Waals surface area contributed by atoms with Crippen molar-refractivity contribution >= 4 is 19.2 Å². The van der Waals surface area contributed by atoms with Crippen LogP contribution in [0.2, 0.25) is 0 Å². The van der Waals surface area contributed by atoms with E-state index in [1.165, 1.54) is 0 Å². The first-order valence-corrected chi connectivity index (χ1v) is 7.58. The van der Waals surface area contributed by atoms with E-state index < -0.39 is 13.3 Å². The molecule has 17 heavy (non-hydrogen) atoms. The van der Waals surface area contributed by atoms with Gasteiger partial charge in [0.15, 0.2) is 5.78 Å². The summed E-state index contributed by atoms with van der Waals surface area (Å²) in [6.07, 6.45) is 1.20. The van der Waals surface area contributed by atoms with Gasteiger partial charge in [-0.1, -0.05) is 0 Å². The lowest BCUT2D eigenvalue weighted by atomic mass is 10.2. The molecule has 1 atom stereocenters. The summed E-state index contributed by atoms with van der Waals surface area (Å²) in [5.74, 6) is -0.394. The predicted molar refractivity (Wildman–Crippen MR) is 63.1 cm³/mol. The van der Waals surface area contributed by atoms with Crippen molar-refractivity contribution in [2.45, 2.75) is 45.2 Å². The summed E-state index contributed by atoms with van der Waals surface area (Å²) >= 11 is 0. The molecule has 0 N–H and O–H groups in total. The molecule has 0 aromatic carbocycles. The highest BCUT2D eigenvalue weighted by Crippen LogP contribution is 2.55. The number of carbonyl (C=O) groups is 2. The van der Waals surface area contributed by atoms with Crippen molar-refractivity contribution in [1.82, 2.24) is 0 Å². The fraction of sp³-hybridized carbons (Fsp3) is 0.818. The van der Waals surface area contributed by atoms with Crippen LogP contribution in [0.3, 0.4) is 0 Å². The lowest BCUT2D eigenvalue weighted by Gasteiger charge is -2.23. The maximum Gasteiger partial charge on any atom is 0.341 e. The van der Waals surface area contributed by atoms with Gasteiger partial charge in [-0.15, -0.1) is 0 Å². The second-order valence-corrected chi connectivity index (χ2v) is 6.18. The number of carbonyl (C=O) groups excluding carboxylic acids is 2. The highest BCUT2D eigenvalue weighted by molar-refractivity contribution is 7.55. The van der Waals surface area contributed by atoms with Crippen LogP contribution in [0.15, 0.2) is 0 Å². The van der Waals surface area contributed by atoms with Gasteiger partial charge in [0.05, 0.1) is 19.6 Å². The van der Waals surface area contributed by atoms with Gasteiger partial charge in [0.1, 0.15) is 11.4 Å². The monoisotopic (exact) mass is 262 g/mol. The van der Waals surface area contributed by atoms with Crippen LogP contribution < -0.4 is 0 Å². The van der Waals surface area contributed by atoms with E-state index in [9.17, 15) is 14.2 Å². The van der Waals surface area contributed by atoms with E-state index in [0.29, 0.717) is 19.3 Å². The Morgan fingerprint density at radius 2 is 1.82 bits per heavy atom. The van der Waals surface area contributed by atoms with Gasteiger partial charge in [0, 0.05) is 6.42 Å². The maximum atomic E-state index is 12.5. The SMILES string of the molecule is CCOP(=O)(OCC)C1CCCC(=O)CC1=O. The highest BCUT2D eigenvalue weighted by Gasteiger charge is 2.41. The Balaban J connectivity index is 2.88. The van der Waals surface area contributed by atoms with E-state index in [1.54, 1.807) is 13.8 Å². The molecule has 6 heteroatoms. The second kappa shape index (κ2) is 6.43. The molecule has 1 rings (SSSR count). The molecule has 0 spiro atoms. The maximum absolute atomic E-state index is 12.5. The largest absolute Gasteiger partial charge is 0.341 e. The summed E-state index contributed by atoms with van der Waals surface area (Å²) in [5, 5.41) is 0. The van der Waals surface area contributed by atoms with E-state index in [4.69, 9.17) is 9.05 Å². The Bertz CT molecular complexity index is 329. The summed E-state index contributed by atoms with van der Waals surface area (Å²) in [4.78, 5) is 23.2. The Morgan fingerprint density at radius 1 is 1.24 bits per heavy atom. The number of ketones is 2. The standard InChI is InChI=1S/C11H19O5P/c1-3-15-17(14,16-4-2)11-7-5-6-9(12)8-10(11)13/h11H,3-8H2,1-2H3. The fourth-order valence-electron chi connectivity index (χ4n) is 1.97. The minimum absolute atomic E-state index is 0.0861. The van der Waals surface area contributed by atoms with Gasteiger partial charge in [-0.25, -0.2) is 0 Å². The van der Waals surface area contributed by atoms with Crippen molar-refractivity contribution in [3.05, 3.63) is 0 Å². The Kier molecular flexibility index (Phi) is 5.50. The fourth-order valence-corrected chi connectivity index (χ4v) is 4.06. The topological polar surface area (TPSA) is 69.7 Å². The first-order chi connectivity index (χ1) is 8.03. The van der Waals surface area contributed by atoms with Gasteiger partial charge >= 0.3 is 7.60 Å². The molecule has 98 valence electrons. The van der Waals surface area contributed by atoms with E-state index in [0.717, 1.165) is 0 Å². The predicted octanol–water partition coefficient (Wildman–Crippen LogP) is 2.33. The average molecular weight is 262 g/mol. The Labute approximate surface area is 101 Å². The van der Waals surface area contributed by atoms with Gasteiger partial charge < -0.3 is 9.05 Å². The molecule has 1 aliphatic rings. The van der Waals surface area contributed by atoms with Crippen molar-refractivity contribution < 1.29 is 23.2 Å². The molecule has 5 nitrogen and oxygen atoms in total. The molecule has 0 aromatic heterocycles. The van der Waals surface area contributed by atoms with Gasteiger partial charge in [-0.2, -0.15) is 0 Å². The second-order valence-electron chi connectivity index (χ2n) is 3.97. The molecule has 0 aliphatic heterocycles. The van der Waals surface area contributed by atoms with E-state index in [2.05, 4.69) is 0 Å². The van der Waals surface area contributed by atoms with Crippen LogP contribution in [0.4, 0.5) is 0 Å². The molecule has 1 saturated carbocycles. The van der Waals surface area contributed by atoms with Crippen molar-refractivity contribution in [3.8, 4) is 0 Å².